The summed E-state index contributed by atoms with van der Waals surface area (Å²) in [7, 11) is 2.18. The summed E-state index contributed by atoms with van der Waals surface area (Å²) in [4.78, 5) is 17.7. The van der Waals surface area contributed by atoms with Crippen molar-refractivity contribution < 1.29 is 4.79 Å². The molecule has 0 N–H and O–H groups in total. The lowest BCUT2D eigenvalue weighted by molar-refractivity contribution is 0.0585. The van der Waals surface area contributed by atoms with Crippen molar-refractivity contribution in [1.82, 2.24) is 9.80 Å². The van der Waals surface area contributed by atoms with E-state index in [1.165, 1.54) is 12.0 Å². The predicted molar refractivity (Wildman–Crippen MR) is 85.7 cm³/mol. The zero-order chi connectivity index (χ0) is 15.1. The molecule has 114 valence electrons. The molecule has 2 atom stereocenters. The average molecular weight is 286 g/mol. The second-order valence-electron chi connectivity index (χ2n) is 7.05. The SMILES string of the molecule is Cc1cc(C)c(C(=O)N2C[C@@H]3CC[C@H]2CN(C)C3)c(C)c1. The Bertz CT molecular complexity index is 543. The summed E-state index contributed by atoms with van der Waals surface area (Å²) >= 11 is 0. The number of benzene rings is 1. The van der Waals surface area contributed by atoms with E-state index in [-0.39, 0.29) is 5.91 Å². The van der Waals surface area contributed by atoms with Crippen LogP contribution in [0.15, 0.2) is 12.1 Å². The highest BCUT2D eigenvalue weighted by Gasteiger charge is 2.37. The van der Waals surface area contributed by atoms with Gasteiger partial charge in [0.15, 0.2) is 0 Å². The van der Waals surface area contributed by atoms with E-state index < -0.39 is 0 Å². The second-order valence-corrected chi connectivity index (χ2v) is 7.05. The molecule has 1 aromatic rings. The largest absolute Gasteiger partial charge is 0.334 e. The Morgan fingerprint density at radius 3 is 2.38 bits per heavy atom. The van der Waals surface area contributed by atoms with E-state index in [1.807, 2.05) is 0 Å². The first kappa shape index (κ1) is 14.6. The highest BCUT2D eigenvalue weighted by atomic mass is 16.2. The summed E-state index contributed by atoms with van der Waals surface area (Å²) in [5.74, 6) is 0.888. The van der Waals surface area contributed by atoms with E-state index in [4.69, 9.17) is 0 Å². The van der Waals surface area contributed by atoms with Crippen molar-refractivity contribution in [2.45, 2.75) is 39.7 Å². The first-order valence-electron chi connectivity index (χ1n) is 8.03. The number of rotatable bonds is 1. The van der Waals surface area contributed by atoms with Crippen molar-refractivity contribution in [2.75, 3.05) is 26.7 Å². The number of hydrogen-bond donors (Lipinski definition) is 0. The molecule has 4 rings (SSSR count). The fourth-order valence-electron chi connectivity index (χ4n) is 4.23. The van der Waals surface area contributed by atoms with Gasteiger partial charge in [0, 0.05) is 31.2 Å². The van der Waals surface area contributed by atoms with Crippen LogP contribution in [-0.4, -0.2) is 48.4 Å². The van der Waals surface area contributed by atoms with E-state index in [9.17, 15) is 4.79 Å². The van der Waals surface area contributed by atoms with Gasteiger partial charge < -0.3 is 9.80 Å². The first-order valence-corrected chi connectivity index (χ1v) is 8.03. The van der Waals surface area contributed by atoms with Gasteiger partial charge in [-0.1, -0.05) is 17.7 Å². The van der Waals surface area contributed by atoms with E-state index in [1.54, 1.807) is 0 Å². The Kier molecular flexibility index (Phi) is 3.78. The smallest absolute Gasteiger partial charge is 0.254 e. The molecule has 0 spiro atoms. The van der Waals surface area contributed by atoms with Crippen LogP contribution in [-0.2, 0) is 0 Å². The molecule has 1 amide bonds. The third-order valence-corrected chi connectivity index (χ3v) is 5.05. The number of nitrogens with zero attached hydrogens (tertiary/aromatic N) is 2. The van der Waals surface area contributed by atoms with E-state index in [0.29, 0.717) is 12.0 Å². The third kappa shape index (κ3) is 2.71. The minimum Gasteiger partial charge on any atom is -0.334 e. The number of carbonyl (C=O) groups excluding carboxylic acids is 1. The molecule has 0 saturated carbocycles. The molecule has 3 saturated heterocycles. The lowest BCUT2D eigenvalue weighted by Crippen LogP contribution is -2.47. The molecule has 3 fully saturated rings. The Morgan fingerprint density at radius 2 is 1.71 bits per heavy atom. The molecule has 3 nitrogen and oxygen atoms in total. The Morgan fingerprint density at radius 1 is 1.05 bits per heavy atom. The molecule has 21 heavy (non-hydrogen) atoms. The van der Waals surface area contributed by atoms with Crippen LogP contribution < -0.4 is 0 Å². The highest BCUT2D eigenvalue weighted by Crippen LogP contribution is 2.30. The van der Waals surface area contributed by atoms with Crippen molar-refractivity contribution in [1.29, 1.82) is 0 Å². The summed E-state index contributed by atoms with van der Waals surface area (Å²) in [5.41, 5.74) is 4.39. The number of hydrogen-bond acceptors (Lipinski definition) is 2. The second kappa shape index (κ2) is 5.45. The fourth-order valence-corrected chi connectivity index (χ4v) is 4.23. The lowest BCUT2D eigenvalue weighted by atomic mass is 9.92. The number of aryl methyl sites for hydroxylation is 3. The van der Waals surface area contributed by atoms with Crippen LogP contribution in [0, 0.1) is 26.7 Å². The van der Waals surface area contributed by atoms with Crippen LogP contribution >= 0.6 is 0 Å². The molecule has 0 aromatic heterocycles. The maximum absolute atomic E-state index is 13.1. The summed E-state index contributed by atoms with van der Waals surface area (Å²) in [6.07, 6.45) is 2.43. The van der Waals surface area contributed by atoms with E-state index in [2.05, 4.69) is 49.8 Å². The van der Waals surface area contributed by atoms with Crippen LogP contribution in [0.5, 0.6) is 0 Å². The topological polar surface area (TPSA) is 23.6 Å². The van der Waals surface area contributed by atoms with Gasteiger partial charge >= 0.3 is 0 Å². The molecule has 3 aliphatic rings. The van der Waals surface area contributed by atoms with Gasteiger partial charge in [0.2, 0.25) is 0 Å². The van der Waals surface area contributed by atoms with Crippen LogP contribution in [0.2, 0.25) is 0 Å². The van der Waals surface area contributed by atoms with Gasteiger partial charge in [-0.2, -0.15) is 0 Å². The van der Waals surface area contributed by atoms with Gasteiger partial charge in [-0.3, -0.25) is 4.79 Å². The first-order chi connectivity index (χ1) is 9.95. The van der Waals surface area contributed by atoms with Crippen molar-refractivity contribution in [3.63, 3.8) is 0 Å². The number of amides is 1. The fraction of sp³-hybridized carbons (Fsp3) is 0.611. The standard InChI is InChI=1S/C18H26N2O/c1-12-7-13(2)17(14(3)8-12)18(21)20-10-15-5-6-16(20)11-19(4)9-15/h7-8,15-16H,5-6,9-11H2,1-4H3/t15-,16+/m1/s1. The quantitative estimate of drug-likeness (QED) is 0.792. The summed E-state index contributed by atoms with van der Waals surface area (Å²) in [6.45, 7) is 9.31. The maximum Gasteiger partial charge on any atom is 0.254 e. The molecule has 3 heterocycles. The Labute approximate surface area is 127 Å². The Hall–Kier alpha value is -1.35. The van der Waals surface area contributed by atoms with Gasteiger partial charge in [0.25, 0.3) is 5.91 Å². The number of fused-ring (bicyclic) bond motifs is 4. The summed E-state index contributed by atoms with van der Waals surface area (Å²) < 4.78 is 0. The van der Waals surface area contributed by atoms with Gasteiger partial charge in [-0.25, -0.2) is 0 Å². The van der Waals surface area contributed by atoms with Gasteiger partial charge in [-0.05, 0) is 57.7 Å². The number of piperidine rings is 1. The molecular weight excluding hydrogens is 260 g/mol. The lowest BCUT2D eigenvalue weighted by Gasteiger charge is -2.37. The molecule has 0 aliphatic carbocycles. The highest BCUT2D eigenvalue weighted by molar-refractivity contribution is 5.97. The maximum atomic E-state index is 13.1. The molecular formula is C18H26N2O. The van der Waals surface area contributed by atoms with Gasteiger partial charge in [0.05, 0.1) is 0 Å². The van der Waals surface area contributed by atoms with E-state index in [0.717, 1.165) is 42.7 Å². The van der Waals surface area contributed by atoms with Crippen LogP contribution in [0.25, 0.3) is 0 Å². The van der Waals surface area contributed by atoms with Crippen LogP contribution in [0.3, 0.4) is 0 Å². The molecule has 0 unspecified atom stereocenters. The van der Waals surface area contributed by atoms with Crippen molar-refractivity contribution in [3.05, 3.63) is 34.4 Å². The van der Waals surface area contributed by atoms with Crippen molar-refractivity contribution in [2.24, 2.45) is 5.92 Å². The molecule has 2 bridgehead atoms. The number of likely N-dealkylation sites (N-methyl/N-ethyl adjacent to an activating group) is 1. The molecule has 3 aliphatic heterocycles. The van der Waals surface area contributed by atoms with Crippen molar-refractivity contribution in [3.8, 4) is 0 Å². The normalized spacial score (nSPS) is 26.0. The monoisotopic (exact) mass is 286 g/mol. The summed E-state index contributed by atoms with van der Waals surface area (Å²) in [6, 6.07) is 4.64. The zero-order valence-electron chi connectivity index (χ0n) is 13.6. The minimum absolute atomic E-state index is 0.245. The van der Waals surface area contributed by atoms with E-state index >= 15 is 0 Å². The molecule has 0 radical (unpaired) electrons. The minimum atomic E-state index is 0.245. The van der Waals surface area contributed by atoms with Crippen LogP contribution in [0.4, 0.5) is 0 Å². The van der Waals surface area contributed by atoms with Gasteiger partial charge in [-0.15, -0.1) is 0 Å². The summed E-state index contributed by atoms with van der Waals surface area (Å²) in [5, 5.41) is 0. The predicted octanol–water partition coefficient (Wildman–Crippen LogP) is 2.78. The molecule has 1 aromatic carbocycles. The van der Waals surface area contributed by atoms with Gasteiger partial charge in [0.1, 0.15) is 0 Å². The number of carbonyl (C=O) groups is 1. The van der Waals surface area contributed by atoms with Crippen LogP contribution in [0.1, 0.15) is 39.9 Å². The van der Waals surface area contributed by atoms with Crippen molar-refractivity contribution >= 4 is 5.91 Å². The zero-order valence-corrected chi connectivity index (χ0v) is 13.6. The Balaban J connectivity index is 1.92. The average Bonchev–Trinajstić information content (AvgIpc) is 2.65. The third-order valence-electron chi connectivity index (χ3n) is 5.05. The molecule has 3 heteroatoms.